The van der Waals surface area contributed by atoms with E-state index >= 15 is 0 Å². The van der Waals surface area contributed by atoms with Crippen LogP contribution in [0.2, 0.25) is 0 Å². The molecule has 0 aliphatic carbocycles. The van der Waals surface area contributed by atoms with Crippen molar-refractivity contribution in [1.82, 2.24) is 41.1 Å². The lowest BCUT2D eigenvalue weighted by Crippen LogP contribution is -2.70. The zero-order chi connectivity index (χ0) is 25.5. The topological polar surface area (TPSA) is 110 Å². The van der Waals surface area contributed by atoms with E-state index in [2.05, 4.69) is 47.1 Å². The highest BCUT2D eigenvalue weighted by atomic mass is 32.1. The fraction of sp³-hybridized carbons (Fsp3) is 0.556. The summed E-state index contributed by atoms with van der Waals surface area (Å²) in [7, 11) is 0. The Bertz CT molecular complexity index is 1250. The largest absolute Gasteiger partial charge is 0.340 e. The Labute approximate surface area is 226 Å². The summed E-state index contributed by atoms with van der Waals surface area (Å²) in [5.41, 5.74) is 1.15. The van der Waals surface area contributed by atoms with Gasteiger partial charge in [0.05, 0.1) is 16.4 Å². The minimum Gasteiger partial charge on any atom is -0.340 e. The lowest BCUT2D eigenvalue weighted by molar-refractivity contribution is -0.129. The molecule has 200 valence electrons. The van der Waals surface area contributed by atoms with E-state index in [0.29, 0.717) is 6.04 Å². The zero-order valence-electron chi connectivity index (χ0n) is 21.5. The van der Waals surface area contributed by atoms with Gasteiger partial charge in [0.1, 0.15) is 17.2 Å². The molecule has 7 rings (SSSR count). The van der Waals surface area contributed by atoms with Gasteiger partial charge in [0.25, 0.3) is 0 Å². The van der Waals surface area contributed by atoms with E-state index in [0.717, 1.165) is 86.1 Å². The summed E-state index contributed by atoms with van der Waals surface area (Å²) in [4.78, 5) is 32.3. The first-order chi connectivity index (χ1) is 18.7. The third-order valence-electron chi connectivity index (χ3n) is 8.63. The molecule has 1 aromatic carbocycles. The number of rotatable bonds is 5. The van der Waals surface area contributed by atoms with E-state index in [1.807, 2.05) is 36.7 Å². The first-order valence-electron chi connectivity index (χ1n) is 13.8. The fourth-order valence-electron chi connectivity index (χ4n) is 6.63. The number of benzene rings is 1. The van der Waals surface area contributed by atoms with Gasteiger partial charge in [-0.15, -0.1) is 11.3 Å². The zero-order valence-corrected chi connectivity index (χ0v) is 22.3. The highest BCUT2D eigenvalue weighted by Crippen LogP contribution is 2.41. The molecule has 1 spiro atoms. The van der Waals surface area contributed by atoms with Crippen LogP contribution >= 0.6 is 11.3 Å². The minimum absolute atomic E-state index is 0.0424. The molecular formula is C27H35N9OS. The van der Waals surface area contributed by atoms with Gasteiger partial charge >= 0.3 is 0 Å². The molecule has 10 nitrogen and oxygen atoms in total. The number of hydrogen-bond donors (Lipinski definition) is 4. The van der Waals surface area contributed by atoms with Crippen LogP contribution in [-0.2, 0) is 4.79 Å². The number of hydrogen-bond acceptors (Lipinski definition) is 10. The minimum atomic E-state index is -0.376. The number of piperidine rings is 1. The van der Waals surface area contributed by atoms with Crippen molar-refractivity contribution in [2.75, 3.05) is 44.2 Å². The van der Waals surface area contributed by atoms with Crippen molar-refractivity contribution in [3.8, 4) is 0 Å². The van der Waals surface area contributed by atoms with Crippen LogP contribution in [0.25, 0.3) is 10.2 Å². The second-order valence-corrected chi connectivity index (χ2v) is 12.3. The molecule has 38 heavy (non-hydrogen) atoms. The van der Waals surface area contributed by atoms with Crippen LogP contribution in [0.5, 0.6) is 0 Å². The number of anilines is 1. The predicted molar refractivity (Wildman–Crippen MR) is 148 cm³/mol. The van der Waals surface area contributed by atoms with Crippen LogP contribution in [0, 0.1) is 5.41 Å². The van der Waals surface area contributed by atoms with Crippen molar-refractivity contribution in [2.24, 2.45) is 5.41 Å². The maximum Gasteiger partial charge on any atom is 0.235 e. The van der Waals surface area contributed by atoms with E-state index in [-0.39, 0.29) is 29.7 Å². The van der Waals surface area contributed by atoms with Crippen molar-refractivity contribution in [3.63, 3.8) is 0 Å². The van der Waals surface area contributed by atoms with E-state index < -0.39 is 0 Å². The lowest BCUT2D eigenvalue weighted by atomic mass is 9.86. The SMILES string of the molecule is O=C1NC(N2CCC3(CCN(c4ncccn4)C3)C2)NC(N[C@@H]2CCCNC2)C1c1nc2ccccc2s1. The predicted octanol–water partition coefficient (Wildman–Crippen LogP) is 1.44. The quantitative estimate of drug-likeness (QED) is 0.387. The van der Waals surface area contributed by atoms with Crippen LogP contribution < -0.4 is 26.2 Å². The van der Waals surface area contributed by atoms with Gasteiger partial charge in [0.2, 0.25) is 11.9 Å². The molecule has 5 atom stereocenters. The van der Waals surface area contributed by atoms with Crippen molar-refractivity contribution in [3.05, 3.63) is 47.7 Å². The number of amides is 1. The molecule has 6 heterocycles. The Morgan fingerprint density at radius 2 is 1.95 bits per heavy atom. The number of thiazole rings is 1. The van der Waals surface area contributed by atoms with E-state index in [4.69, 9.17) is 4.98 Å². The van der Waals surface area contributed by atoms with Gasteiger partial charge < -0.3 is 15.5 Å². The lowest BCUT2D eigenvalue weighted by Gasteiger charge is -2.43. The summed E-state index contributed by atoms with van der Waals surface area (Å²) in [6.45, 7) is 5.80. The molecule has 4 saturated heterocycles. The van der Waals surface area contributed by atoms with Crippen LogP contribution in [-0.4, -0.2) is 83.5 Å². The molecule has 2 aromatic heterocycles. The maximum absolute atomic E-state index is 13.7. The first-order valence-corrected chi connectivity index (χ1v) is 14.6. The van der Waals surface area contributed by atoms with Crippen LogP contribution in [0.4, 0.5) is 5.95 Å². The highest BCUT2D eigenvalue weighted by molar-refractivity contribution is 7.18. The Hall–Kier alpha value is -2.70. The van der Waals surface area contributed by atoms with Crippen LogP contribution in [0.3, 0.4) is 0 Å². The van der Waals surface area contributed by atoms with Gasteiger partial charge in [-0.05, 0) is 50.4 Å². The molecule has 4 N–H and O–H groups in total. The summed E-state index contributed by atoms with van der Waals surface area (Å²) in [6.07, 6.45) is 7.70. The summed E-state index contributed by atoms with van der Waals surface area (Å²) in [5, 5.41) is 15.3. The molecule has 3 aromatic rings. The van der Waals surface area contributed by atoms with Gasteiger partial charge in [-0.1, -0.05) is 12.1 Å². The first kappa shape index (κ1) is 24.3. The maximum atomic E-state index is 13.7. The number of carbonyl (C=O) groups excluding carboxylic acids is 1. The molecule has 4 unspecified atom stereocenters. The van der Waals surface area contributed by atoms with Gasteiger partial charge in [0, 0.05) is 56.6 Å². The van der Waals surface area contributed by atoms with Gasteiger partial charge in [-0.3, -0.25) is 20.3 Å². The number of aromatic nitrogens is 3. The average Bonchev–Trinajstić information content (AvgIpc) is 3.68. The standard InChI is InChI=1S/C27H35N9OS/c37-23-21(24-32-19-6-1-2-7-20(19)38-24)22(31-18-5-3-10-28-15-18)33-26(34-23)36-14-9-27(17-36)8-13-35(16-27)25-29-11-4-12-30-25/h1-2,4,6-7,11-12,18,21-22,26,28,31,33H,3,5,8-10,13-17H2,(H,34,37)/t18-,21?,22?,26?,27?/m1/s1. The number of carbonyl (C=O) groups is 1. The Morgan fingerprint density at radius 3 is 2.79 bits per heavy atom. The molecule has 11 heteroatoms. The van der Waals surface area contributed by atoms with Crippen molar-refractivity contribution >= 4 is 33.4 Å². The number of fused-ring (bicyclic) bond motifs is 1. The second-order valence-electron chi connectivity index (χ2n) is 11.2. The monoisotopic (exact) mass is 533 g/mol. The summed E-state index contributed by atoms with van der Waals surface area (Å²) in [5.74, 6) is 0.482. The summed E-state index contributed by atoms with van der Waals surface area (Å²) >= 11 is 1.62. The van der Waals surface area contributed by atoms with Gasteiger partial charge in [0.15, 0.2) is 0 Å². The average molecular weight is 534 g/mol. The summed E-state index contributed by atoms with van der Waals surface area (Å²) in [6, 6.07) is 10.3. The van der Waals surface area contributed by atoms with E-state index in [1.165, 1.54) is 0 Å². The number of likely N-dealkylation sites (tertiary alicyclic amines) is 1. The molecule has 0 bridgehead atoms. The highest BCUT2D eigenvalue weighted by Gasteiger charge is 2.48. The van der Waals surface area contributed by atoms with Gasteiger partial charge in [-0.2, -0.15) is 0 Å². The Balaban J connectivity index is 1.09. The third kappa shape index (κ3) is 4.66. The van der Waals surface area contributed by atoms with Crippen molar-refractivity contribution in [1.29, 1.82) is 0 Å². The molecule has 0 radical (unpaired) electrons. The molecule has 1 amide bonds. The Morgan fingerprint density at radius 1 is 1.08 bits per heavy atom. The molecule has 4 aliphatic rings. The Kier molecular flexibility index (Phi) is 6.49. The number of para-hydroxylation sites is 1. The summed E-state index contributed by atoms with van der Waals surface area (Å²) < 4.78 is 1.12. The molecular weight excluding hydrogens is 498 g/mol. The fourth-order valence-corrected chi connectivity index (χ4v) is 7.74. The third-order valence-corrected chi connectivity index (χ3v) is 9.75. The van der Waals surface area contributed by atoms with Gasteiger partial charge in [-0.25, -0.2) is 15.0 Å². The smallest absolute Gasteiger partial charge is 0.235 e. The van der Waals surface area contributed by atoms with Crippen molar-refractivity contribution < 1.29 is 4.79 Å². The van der Waals surface area contributed by atoms with Crippen LogP contribution in [0.1, 0.15) is 36.6 Å². The normalized spacial score (nSPS) is 32.3. The number of nitrogens with one attached hydrogen (secondary N) is 4. The molecule has 4 aliphatic heterocycles. The second kappa shape index (κ2) is 10.1. The molecule has 4 fully saturated rings. The van der Waals surface area contributed by atoms with Crippen molar-refractivity contribution in [2.45, 2.75) is 50.1 Å². The van der Waals surface area contributed by atoms with E-state index in [9.17, 15) is 4.79 Å². The molecule has 0 saturated carbocycles. The van der Waals surface area contributed by atoms with E-state index in [1.54, 1.807) is 11.3 Å². The number of nitrogens with zero attached hydrogens (tertiary/aromatic N) is 5. The van der Waals surface area contributed by atoms with Crippen LogP contribution in [0.15, 0.2) is 42.7 Å².